The van der Waals surface area contributed by atoms with Crippen molar-refractivity contribution in [2.45, 2.75) is 209 Å². The van der Waals surface area contributed by atoms with Crippen molar-refractivity contribution in [3.63, 3.8) is 0 Å². The van der Waals surface area contributed by atoms with Gasteiger partial charge in [0.2, 0.25) is 0 Å². The van der Waals surface area contributed by atoms with E-state index in [1.165, 1.54) is 6.42 Å². The number of para-hydroxylation sites is 3. The Morgan fingerprint density at radius 1 is 0.461 bits per heavy atom. The third-order valence-corrected chi connectivity index (χ3v) is 14.8. The number of hydrogen-bond donors (Lipinski definition) is 0. The zero-order valence-corrected chi connectivity index (χ0v) is 56.1. The van der Waals surface area contributed by atoms with Crippen LogP contribution in [-0.2, 0) is 42.8 Å². The van der Waals surface area contributed by atoms with Crippen molar-refractivity contribution in [1.82, 2.24) is 14.7 Å². The van der Waals surface area contributed by atoms with Crippen molar-refractivity contribution in [2.24, 2.45) is 0 Å². The van der Waals surface area contributed by atoms with Crippen LogP contribution in [0.1, 0.15) is 192 Å². The molecule has 6 aliphatic heterocycles. The van der Waals surface area contributed by atoms with Crippen LogP contribution in [0.15, 0.2) is 91.0 Å². The van der Waals surface area contributed by atoms with E-state index in [0.717, 1.165) is 50.7 Å². The highest BCUT2D eigenvalue weighted by Crippen LogP contribution is 2.47. The molecule has 3 amide bonds. The number of amides is 3. The van der Waals surface area contributed by atoms with Crippen LogP contribution in [0.25, 0.3) is 16.7 Å². The van der Waals surface area contributed by atoms with Crippen LogP contribution >= 0.6 is 0 Å². The molecule has 0 atom stereocenters. The van der Waals surface area contributed by atoms with E-state index in [1.807, 2.05) is 149 Å². The molecule has 6 heterocycles. The van der Waals surface area contributed by atoms with E-state index in [0.29, 0.717) is 110 Å². The van der Waals surface area contributed by atoms with Crippen molar-refractivity contribution in [1.29, 1.82) is 0 Å². The summed E-state index contributed by atoms with van der Waals surface area (Å²) in [6.07, 6.45) is 11.0. The average molecular weight is 1240 g/mol. The number of nitrogens with zero attached hydrogens (tertiary/aromatic N) is 3. The maximum absolute atomic E-state index is 12.4. The molecular weight excluding hydrogens is 1130 g/mol. The van der Waals surface area contributed by atoms with Gasteiger partial charge in [0.15, 0.2) is 0 Å². The van der Waals surface area contributed by atoms with Crippen LogP contribution in [-0.4, -0.2) is 144 Å². The molecule has 0 N–H and O–H groups in total. The first-order valence-corrected chi connectivity index (χ1v) is 32.0. The molecule has 0 unspecified atom stereocenters. The van der Waals surface area contributed by atoms with Gasteiger partial charge in [-0.05, 0) is 124 Å². The van der Waals surface area contributed by atoms with Gasteiger partial charge < -0.3 is 57.3 Å². The van der Waals surface area contributed by atoms with Gasteiger partial charge in [-0.25, -0.2) is 24.0 Å². The smallest absolute Gasteiger partial charge is 0.410 e. The topological polar surface area (TPSA) is 195 Å². The van der Waals surface area contributed by atoms with Crippen LogP contribution in [0.2, 0.25) is 0 Å². The van der Waals surface area contributed by atoms with Crippen molar-refractivity contribution in [2.75, 3.05) is 59.1 Å². The van der Waals surface area contributed by atoms with Gasteiger partial charge >= 0.3 is 36.2 Å². The van der Waals surface area contributed by atoms with Gasteiger partial charge in [0.25, 0.3) is 0 Å². The molecule has 0 radical (unpaired) electrons. The molecule has 0 bridgehead atoms. The summed E-state index contributed by atoms with van der Waals surface area (Å²) < 4.78 is 50.9. The summed E-state index contributed by atoms with van der Waals surface area (Å²) in [7, 11) is 0. The Labute approximate surface area is 529 Å². The number of esters is 3. The summed E-state index contributed by atoms with van der Waals surface area (Å²) in [6, 6.07) is 23.2. The Balaban J connectivity index is 0.000000234. The lowest BCUT2D eigenvalue weighted by atomic mass is 9.80. The molecule has 3 aromatic carbocycles. The minimum atomic E-state index is -0.519. The molecule has 89 heavy (non-hydrogen) atoms. The molecule has 6 aliphatic rings. The highest BCUT2D eigenvalue weighted by atomic mass is 16.6. The summed E-state index contributed by atoms with van der Waals surface area (Å²) in [5, 5.41) is 0. The number of ether oxygens (including phenoxy) is 9. The zero-order valence-electron chi connectivity index (χ0n) is 56.1. The molecular formula is C71H101N3O15. The molecule has 3 saturated heterocycles. The Morgan fingerprint density at radius 3 is 1.11 bits per heavy atom. The van der Waals surface area contributed by atoms with Gasteiger partial charge in [0.05, 0.1) is 26.2 Å². The van der Waals surface area contributed by atoms with E-state index in [-0.39, 0.29) is 42.6 Å². The minimum absolute atomic E-state index is 0.214. The Hall–Kier alpha value is -7.50. The number of likely N-dealkylation sites (tertiary alicyclic amines) is 3. The molecule has 0 aliphatic carbocycles. The normalized spacial score (nSPS) is 18.3. The van der Waals surface area contributed by atoms with Crippen LogP contribution in [0, 0.1) is 0 Å². The summed E-state index contributed by atoms with van der Waals surface area (Å²) in [6.45, 7) is 34.8. The Morgan fingerprint density at radius 2 is 0.775 bits per heavy atom. The highest BCUT2D eigenvalue weighted by molar-refractivity contribution is 5.94. The second-order valence-corrected chi connectivity index (χ2v) is 25.7. The van der Waals surface area contributed by atoms with E-state index in [1.54, 1.807) is 47.6 Å². The fourth-order valence-corrected chi connectivity index (χ4v) is 11.0. The van der Waals surface area contributed by atoms with Gasteiger partial charge in [0.1, 0.15) is 50.9 Å². The fourth-order valence-electron chi connectivity index (χ4n) is 11.0. The zero-order chi connectivity index (χ0) is 65.8. The first-order chi connectivity index (χ1) is 42.1. The molecule has 3 spiro atoms. The van der Waals surface area contributed by atoms with Crippen molar-refractivity contribution < 1.29 is 71.4 Å². The first kappa shape index (κ1) is 72.2. The molecule has 3 aromatic rings. The number of fused-ring (bicyclic) bond motifs is 3. The lowest BCUT2D eigenvalue weighted by molar-refractivity contribution is -0.142. The summed E-state index contributed by atoms with van der Waals surface area (Å²) in [4.78, 5) is 78.5. The number of benzene rings is 3. The average Bonchev–Trinajstić information content (AvgIpc) is 1.41. The fraction of sp³-hybridized carbons (Fsp3) is 0.577. The van der Waals surface area contributed by atoms with Gasteiger partial charge in [-0.15, -0.1) is 0 Å². The Bertz CT molecular complexity index is 2820. The van der Waals surface area contributed by atoms with E-state index < -0.39 is 33.6 Å². The van der Waals surface area contributed by atoms with Crippen LogP contribution in [0.3, 0.4) is 0 Å². The van der Waals surface area contributed by atoms with Gasteiger partial charge in [-0.1, -0.05) is 88.7 Å². The second kappa shape index (κ2) is 32.3. The number of hydrogen-bond acceptors (Lipinski definition) is 15. The SMILES string of the molecule is CC.CCC.CCOC(=O)/C=C1/CC2(CCN(C(=O)OC(C)(C)C)CC2)Oc2ccccc21.CCOC(=O)/C=C1\CC2(CCN(C(=O)OC(C)(C)C)CC2)Oc2ccccc21.CCOC(=O)CC1=CC2(CCN(C(=O)OC(C)(C)C)CC2)Oc2ccccc21. The number of piperidine rings is 3. The van der Waals surface area contributed by atoms with Gasteiger partial charge in [-0.3, -0.25) is 4.79 Å². The first-order valence-electron chi connectivity index (χ1n) is 32.0. The third-order valence-electron chi connectivity index (χ3n) is 14.8. The van der Waals surface area contributed by atoms with E-state index in [9.17, 15) is 28.8 Å². The van der Waals surface area contributed by atoms with E-state index >= 15 is 0 Å². The number of rotatable bonds is 7. The lowest BCUT2D eigenvalue weighted by Gasteiger charge is -2.45. The van der Waals surface area contributed by atoms with Gasteiger partial charge in [-0.2, -0.15) is 0 Å². The van der Waals surface area contributed by atoms with Crippen molar-refractivity contribution in [3.05, 3.63) is 108 Å². The molecule has 0 saturated carbocycles. The third kappa shape index (κ3) is 21.6. The Kier molecular flexibility index (Phi) is 26.2. The molecule has 18 heteroatoms. The number of carbonyl (C=O) groups is 6. The molecule has 18 nitrogen and oxygen atoms in total. The van der Waals surface area contributed by atoms with Crippen LogP contribution in [0.5, 0.6) is 17.2 Å². The lowest BCUT2D eigenvalue weighted by Crippen LogP contribution is -2.51. The standard InChI is InChI=1S/3C22H29NO5.C3H8.C2H6/c3*1-5-26-19(24)14-16-15-22(27-18-9-7-6-8-17(16)18)10-12-23(13-11-22)20(25)28-21(2,3)4;1-3-2;1-2/h6-9,15H,5,10-14H2,1-4H3;2*6-9,14H,5,10-13,15H2,1-4H3;3H2,1-2H3;1-2H3/b;16-14+;16-14-;;. The molecule has 490 valence electrons. The summed E-state index contributed by atoms with van der Waals surface area (Å²) in [5.74, 6) is 1.40. The predicted octanol–water partition coefficient (Wildman–Crippen LogP) is 15.0. The number of carbonyl (C=O) groups excluding carboxylic acids is 6. The minimum Gasteiger partial charge on any atom is -0.486 e. The molecule has 3 fully saturated rings. The maximum Gasteiger partial charge on any atom is 0.410 e. The molecule has 0 aromatic heterocycles. The van der Waals surface area contributed by atoms with E-state index in [4.69, 9.17) is 42.6 Å². The molecule has 9 rings (SSSR count). The monoisotopic (exact) mass is 1240 g/mol. The van der Waals surface area contributed by atoms with Crippen LogP contribution in [0.4, 0.5) is 14.4 Å². The van der Waals surface area contributed by atoms with Crippen molar-refractivity contribution in [3.8, 4) is 17.2 Å². The maximum atomic E-state index is 12.4. The summed E-state index contributed by atoms with van der Waals surface area (Å²) in [5.41, 5.74) is 2.64. The highest BCUT2D eigenvalue weighted by Gasteiger charge is 2.46. The largest absolute Gasteiger partial charge is 0.486 e. The van der Waals surface area contributed by atoms with Gasteiger partial charge in [0, 0.05) is 119 Å². The van der Waals surface area contributed by atoms with Crippen LogP contribution < -0.4 is 14.2 Å². The predicted molar refractivity (Wildman–Crippen MR) is 346 cm³/mol. The summed E-state index contributed by atoms with van der Waals surface area (Å²) >= 11 is 0. The van der Waals surface area contributed by atoms with E-state index in [2.05, 4.69) is 19.9 Å². The quantitative estimate of drug-likeness (QED) is 0.123. The van der Waals surface area contributed by atoms with Crippen molar-refractivity contribution >= 4 is 52.9 Å². The second-order valence-electron chi connectivity index (χ2n) is 25.7.